The van der Waals surface area contributed by atoms with Crippen LogP contribution in [0.25, 0.3) is 0 Å². The van der Waals surface area contributed by atoms with E-state index in [1.54, 1.807) is 16.4 Å². The van der Waals surface area contributed by atoms with E-state index in [4.69, 9.17) is 9.47 Å². The molecule has 148 valence electrons. The molecule has 3 rings (SSSR count). The Bertz CT molecular complexity index is 880. The van der Waals surface area contributed by atoms with Gasteiger partial charge in [-0.3, -0.25) is 0 Å². The van der Waals surface area contributed by atoms with Gasteiger partial charge in [-0.25, -0.2) is 13.4 Å². The molecule has 0 saturated carbocycles. The van der Waals surface area contributed by atoms with Gasteiger partial charge in [0, 0.05) is 37.6 Å². The van der Waals surface area contributed by atoms with Crippen LogP contribution in [0, 0.1) is 19.8 Å². The molecule has 2 heterocycles. The number of imidazole rings is 1. The van der Waals surface area contributed by atoms with Crippen molar-refractivity contribution in [3.8, 4) is 11.5 Å². The number of methoxy groups -OCH3 is 2. The Labute approximate surface area is 161 Å². The number of nitrogens with zero attached hydrogens (tertiary/aromatic N) is 3. The number of benzene rings is 1. The maximum Gasteiger partial charge on any atom is 0.246 e. The van der Waals surface area contributed by atoms with E-state index < -0.39 is 10.0 Å². The van der Waals surface area contributed by atoms with Crippen LogP contribution in [0.15, 0.2) is 29.3 Å². The van der Waals surface area contributed by atoms with Crippen LogP contribution >= 0.6 is 0 Å². The highest BCUT2D eigenvalue weighted by Crippen LogP contribution is 2.33. The quantitative estimate of drug-likeness (QED) is 0.754. The molecule has 1 aromatic carbocycles. The van der Waals surface area contributed by atoms with Gasteiger partial charge in [-0.15, -0.1) is 0 Å². The largest absolute Gasteiger partial charge is 0.497 e. The zero-order chi connectivity index (χ0) is 19.6. The molecule has 27 heavy (non-hydrogen) atoms. The van der Waals surface area contributed by atoms with Gasteiger partial charge >= 0.3 is 0 Å². The summed E-state index contributed by atoms with van der Waals surface area (Å²) < 4.78 is 40.5. The van der Waals surface area contributed by atoms with Gasteiger partial charge < -0.3 is 14.0 Å². The second-order valence-corrected chi connectivity index (χ2v) is 8.83. The van der Waals surface area contributed by atoms with Crippen LogP contribution in [0.2, 0.25) is 0 Å². The number of aryl methyl sites for hydroxylation is 2. The molecule has 0 aliphatic carbocycles. The minimum atomic E-state index is -3.63. The normalized spacial score (nSPS) is 16.4. The molecular formula is C19H27N3O4S. The summed E-state index contributed by atoms with van der Waals surface area (Å²) in [5.41, 5.74) is 1.14. The predicted octanol–water partition coefficient (Wildman–Crippen LogP) is 2.62. The third-order valence-corrected chi connectivity index (χ3v) is 7.18. The first-order valence-corrected chi connectivity index (χ1v) is 10.5. The summed E-state index contributed by atoms with van der Waals surface area (Å²) in [6.45, 7) is 5.94. The van der Waals surface area contributed by atoms with E-state index in [0.717, 1.165) is 30.9 Å². The van der Waals surface area contributed by atoms with Crippen LogP contribution in [-0.2, 0) is 16.6 Å². The molecule has 0 unspecified atom stereocenters. The molecule has 0 radical (unpaired) electrons. The summed E-state index contributed by atoms with van der Waals surface area (Å²) in [7, 11) is -0.637. The van der Waals surface area contributed by atoms with Gasteiger partial charge in [-0.1, -0.05) is 0 Å². The number of ether oxygens (including phenoxy) is 2. The summed E-state index contributed by atoms with van der Waals surface area (Å²) in [5, 5.41) is 0. The Kier molecular flexibility index (Phi) is 5.76. The maximum absolute atomic E-state index is 13.1. The highest BCUT2D eigenvalue weighted by Gasteiger charge is 2.32. The van der Waals surface area contributed by atoms with Gasteiger partial charge in [0.15, 0.2) is 0 Å². The minimum Gasteiger partial charge on any atom is -0.497 e. The second-order valence-electron chi connectivity index (χ2n) is 6.92. The lowest BCUT2D eigenvalue weighted by Gasteiger charge is -2.32. The van der Waals surface area contributed by atoms with Crippen molar-refractivity contribution in [1.29, 1.82) is 0 Å². The number of hydrogen-bond donors (Lipinski definition) is 0. The van der Waals surface area contributed by atoms with Crippen molar-refractivity contribution in [2.75, 3.05) is 27.3 Å². The fourth-order valence-electron chi connectivity index (χ4n) is 3.57. The van der Waals surface area contributed by atoms with Gasteiger partial charge in [-0.05, 0) is 44.7 Å². The summed E-state index contributed by atoms with van der Waals surface area (Å²) >= 11 is 0. The van der Waals surface area contributed by atoms with Gasteiger partial charge in [0.1, 0.15) is 22.2 Å². The second kappa shape index (κ2) is 7.90. The summed E-state index contributed by atoms with van der Waals surface area (Å²) in [6, 6.07) is 4.85. The fraction of sp³-hybridized carbons (Fsp3) is 0.526. The van der Waals surface area contributed by atoms with E-state index in [0.29, 0.717) is 30.5 Å². The lowest BCUT2D eigenvalue weighted by atomic mass is 9.98. The Balaban J connectivity index is 1.73. The van der Waals surface area contributed by atoms with Crippen LogP contribution in [0.5, 0.6) is 11.5 Å². The molecule has 1 aliphatic heterocycles. The molecule has 0 spiro atoms. The van der Waals surface area contributed by atoms with Gasteiger partial charge in [-0.2, -0.15) is 4.31 Å². The van der Waals surface area contributed by atoms with E-state index in [9.17, 15) is 8.42 Å². The van der Waals surface area contributed by atoms with Crippen molar-refractivity contribution in [3.05, 3.63) is 35.9 Å². The molecule has 1 aromatic heterocycles. The average molecular weight is 394 g/mol. The summed E-state index contributed by atoms with van der Waals surface area (Å²) in [6.07, 6.45) is 3.52. The topological polar surface area (TPSA) is 73.7 Å². The molecule has 1 saturated heterocycles. The Hall–Kier alpha value is -2.06. The van der Waals surface area contributed by atoms with Crippen LogP contribution in [-0.4, -0.2) is 49.6 Å². The van der Waals surface area contributed by atoms with E-state index >= 15 is 0 Å². The lowest BCUT2D eigenvalue weighted by molar-refractivity contribution is 0.250. The summed E-state index contributed by atoms with van der Waals surface area (Å²) in [4.78, 5) is 4.50. The Morgan fingerprint density at radius 3 is 2.41 bits per heavy atom. The Morgan fingerprint density at radius 1 is 1.15 bits per heavy atom. The third kappa shape index (κ3) is 3.96. The highest BCUT2D eigenvalue weighted by molar-refractivity contribution is 7.89. The fourth-order valence-corrected chi connectivity index (χ4v) is 5.21. The van der Waals surface area contributed by atoms with Crippen LogP contribution in [0.3, 0.4) is 0 Å². The van der Waals surface area contributed by atoms with Gasteiger partial charge in [0.25, 0.3) is 0 Å². The van der Waals surface area contributed by atoms with Crippen molar-refractivity contribution < 1.29 is 17.9 Å². The molecule has 0 amide bonds. The minimum absolute atomic E-state index is 0.157. The van der Waals surface area contributed by atoms with Crippen LogP contribution < -0.4 is 9.47 Å². The molecule has 1 fully saturated rings. The van der Waals surface area contributed by atoms with Crippen molar-refractivity contribution in [1.82, 2.24) is 13.9 Å². The standard InChI is InChI=1S/C19H27N3O4S/c1-14-12-20-15(2)22(14)13-16-7-9-21(10-8-16)27(23,24)19-11-17(25-3)5-6-18(19)26-4/h5-6,11-12,16H,7-10,13H2,1-4H3. The number of sulfonamides is 1. The molecule has 2 aromatic rings. The molecule has 1 aliphatic rings. The zero-order valence-electron chi connectivity index (χ0n) is 16.3. The zero-order valence-corrected chi connectivity index (χ0v) is 17.1. The smallest absolute Gasteiger partial charge is 0.246 e. The van der Waals surface area contributed by atoms with E-state index in [-0.39, 0.29) is 4.90 Å². The number of hydrogen-bond acceptors (Lipinski definition) is 5. The molecule has 0 N–H and O–H groups in total. The van der Waals surface area contributed by atoms with Crippen molar-refractivity contribution >= 4 is 10.0 Å². The first-order valence-electron chi connectivity index (χ1n) is 9.07. The van der Waals surface area contributed by atoms with E-state index in [2.05, 4.69) is 16.5 Å². The Morgan fingerprint density at radius 2 is 1.85 bits per heavy atom. The molecule has 7 nitrogen and oxygen atoms in total. The number of piperidine rings is 1. The first-order chi connectivity index (χ1) is 12.9. The monoisotopic (exact) mass is 393 g/mol. The lowest BCUT2D eigenvalue weighted by Crippen LogP contribution is -2.39. The maximum atomic E-state index is 13.1. The SMILES string of the molecule is COc1ccc(OC)c(S(=O)(=O)N2CCC(Cn3c(C)cnc3C)CC2)c1. The molecule has 8 heteroatoms. The van der Waals surface area contributed by atoms with E-state index in [1.165, 1.54) is 20.3 Å². The molecular weight excluding hydrogens is 366 g/mol. The summed E-state index contributed by atoms with van der Waals surface area (Å²) in [5.74, 6) is 2.27. The van der Waals surface area contributed by atoms with Gasteiger partial charge in [0.05, 0.1) is 14.2 Å². The van der Waals surface area contributed by atoms with Crippen molar-refractivity contribution in [2.24, 2.45) is 5.92 Å². The first kappa shape index (κ1) is 19.7. The number of aromatic nitrogens is 2. The number of rotatable bonds is 6. The van der Waals surface area contributed by atoms with Crippen molar-refractivity contribution in [3.63, 3.8) is 0 Å². The molecule has 0 bridgehead atoms. The van der Waals surface area contributed by atoms with Crippen molar-refractivity contribution in [2.45, 2.75) is 38.1 Å². The van der Waals surface area contributed by atoms with Crippen LogP contribution in [0.4, 0.5) is 0 Å². The predicted molar refractivity (Wildman–Crippen MR) is 103 cm³/mol. The van der Waals surface area contributed by atoms with E-state index in [1.807, 2.05) is 13.1 Å². The third-order valence-electron chi connectivity index (χ3n) is 5.26. The molecule has 0 atom stereocenters. The van der Waals surface area contributed by atoms with Crippen LogP contribution in [0.1, 0.15) is 24.4 Å². The highest BCUT2D eigenvalue weighted by atomic mass is 32.2. The average Bonchev–Trinajstić information content (AvgIpc) is 3.00. The van der Waals surface area contributed by atoms with Gasteiger partial charge in [0.2, 0.25) is 10.0 Å².